The van der Waals surface area contributed by atoms with Crippen molar-refractivity contribution in [3.05, 3.63) is 0 Å². The minimum Gasteiger partial charge on any atom is -0.319 e. The van der Waals surface area contributed by atoms with Crippen molar-refractivity contribution in [1.82, 2.24) is 15.1 Å². The molecule has 0 amide bonds. The third kappa shape index (κ3) is 5.41. The molecule has 0 bridgehead atoms. The molecule has 0 radical (unpaired) electrons. The summed E-state index contributed by atoms with van der Waals surface area (Å²) in [5, 5.41) is 3.45. The van der Waals surface area contributed by atoms with E-state index in [1.165, 1.54) is 51.7 Å². The highest BCUT2D eigenvalue weighted by atomic mass is 15.2. The van der Waals surface area contributed by atoms with Crippen LogP contribution in [0.3, 0.4) is 0 Å². The average molecular weight is 269 g/mol. The quantitative estimate of drug-likeness (QED) is 0.730. The van der Waals surface area contributed by atoms with E-state index < -0.39 is 0 Å². The monoisotopic (exact) mass is 269 g/mol. The lowest BCUT2D eigenvalue weighted by Crippen LogP contribution is -2.49. The molecule has 3 nitrogen and oxygen atoms in total. The van der Waals surface area contributed by atoms with Crippen LogP contribution in [0.4, 0.5) is 0 Å². The summed E-state index contributed by atoms with van der Waals surface area (Å²) in [6, 6.07) is 0.649. The highest BCUT2D eigenvalue weighted by molar-refractivity contribution is 4.88. The smallest absolute Gasteiger partial charge is 0.0194 e. The van der Waals surface area contributed by atoms with Crippen LogP contribution in [0, 0.1) is 5.41 Å². The van der Waals surface area contributed by atoms with Gasteiger partial charge in [0.25, 0.3) is 0 Å². The van der Waals surface area contributed by atoms with Gasteiger partial charge in [-0.15, -0.1) is 0 Å². The zero-order valence-electron chi connectivity index (χ0n) is 13.8. The summed E-state index contributed by atoms with van der Waals surface area (Å²) in [6.45, 7) is 9.45. The molecule has 1 aliphatic carbocycles. The molecule has 0 saturated heterocycles. The molecule has 0 aromatic carbocycles. The third-order valence-corrected chi connectivity index (χ3v) is 4.66. The van der Waals surface area contributed by atoms with Crippen molar-refractivity contribution >= 4 is 0 Å². The van der Waals surface area contributed by atoms with Crippen molar-refractivity contribution in [2.24, 2.45) is 5.41 Å². The lowest BCUT2D eigenvalue weighted by Gasteiger charge is -2.43. The second kappa shape index (κ2) is 8.23. The molecule has 1 aliphatic rings. The van der Waals surface area contributed by atoms with E-state index >= 15 is 0 Å². The van der Waals surface area contributed by atoms with Gasteiger partial charge in [0.05, 0.1) is 0 Å². The molecule has 19 heavy (non-hydrogen) atoms. The molecule has 1 atom stereocenters. The van der Waals surface area contributed by atoms with Crippen LogP contribution in [0.1, 0.15) is 46.0 Å². The number of hydrogen-bond acceptors (Lipinski definition) is 3. The molecule has 3 heteroatoms. The molecule has 1 fully saturated rings. The Hall–Kier alpha value is -0.120. The summed E-state index contributed by atoms with van der Waals surface area (Å²) in [6.07, 6.45) is 7.07. The van der Waals surface area contributed by atoms with Gasteiger partial charge in [-0.2, -0.15) is 0 Å². The maximum atomic E-state index is 3.45. The summed E-state index contributed by atoms with van der Waals surface area (Å²) in [5.74, 6) is 0. The van der Waals surface area contributed by atoms with Crippen LogP contribution in [0.2, 0.25) is 0 Å². The van der Waals surface area contributed by atoms with Gasteiger partial charge in [0, 0.05) is 25.7 Å². The van der Waals surface area contributed by atoms with Gasteiger partial charge in [0.15, 0.2) is 0 Å². The van der Waals surface area contributed by atoms with Crippen molar-refractivity contribution in [2.45, 2.75) is 52.0 Å². The Morgan fingerprint density at radius 1 is 1.16 bits per heavy atom. The Balaban J connectivity index is 2.63. The topological polar surface area (TPSA) is 18.5 Å². The number of nitrogens with zero attached hydrogens (tertiary/aromatic N) is 2. The van der Waals surface area contributed by atoms with Gasteiger partial charge in [-0.3, -0.25) is 4.90 Å². The van der Waals surface area contributed by atoms with Crippen LogP contribution in [-0.4, -0.2) is 63.2 Å². The first kappa shape index (κ1) is 16.9. The van der Waals surface area contributed by atoms with E-state index in [2.05, 4.69) is 50.1 Å². The zero-order chi connectivity index (χ0) is 14.3. The summed E-state index contributed by atoms with van der Waals surface area (Å²) >= 11 is 0. The molecule has 114 valence electrons. The van der Waals surface area contributed by atoms with Crippen LogP contribution in [0.25, 0.3) is 0 Å². The summed E-state index contributed by atoms with van der Waals surface area (Å²) in [7, 11) is 6.46. The summed E-state index contributed by atoms with van der Waals surface area (Å²) in [4.78, 5) is 4.99. The van der Waals surface area contributed by atoms with Crippen molar-refractivity contribution in [2.75, 3.05) is 47.3 Å². The molecule has 0 aromatic rings. The molecule has 0 aliphatic heterocycles. The molecule has 1 N–H and O–H groups in total. The van der Waals surface area contributed by atoms with E-state index in [1.54, 1.807) is 0 Å². The molecule has 1 saturated carbocycles. The Bertz CT molecular complexity index is 229. The van der Waals surface area contributed by atoms with Crippen molar-refractivity contribution in [3.8, 4) is 0 Å². The number of hydrogen-bond donors (Lipinski definition) is 1. The third-order valence-electron chi connectivity index (χ3n) is 4.66. The fraction of sp³-hybridized carbons (Fsp3) is 1.00. The molecule has 0 heterocycles. The Morgan fingerprint density at radius 2 is 1.79 bits per heavy atom. The van der Waals surface area contributed by atoms with E-state index in [9.17, 15) is 0 Å². The number of nitrogens with one attached hydrogen (secondary N) is 1. The average Bonchev–Trinajstić information content (AvgIpc) is 2.36. The van der Waals surface area contributed by atoms with Crippen LogP contribution >= 0.6 is 0 Å². The van der Waals surface area contributed by atoms with Gasteiger partial charge < -0.3 is 10.2 Å². The van der Waals surface area contributed by atoms with Gasteiger partial charge >= 0.3 is 0 Å². The lowest BCUT2D eigenvalue weighted by atomic mass is 9.73. The minimum atomic E-state index is 0.517. The first-order valence-corrected chi connectivity index (χ1v) is 8.06. The Labute approximate surface area is 120 Å². The fourth-order valence-electron chi connectivity index (χ4n) is 3.72. The Kier molecular flexibility index (Phi) is 7.33. The van der Waals surface area contributed by atoms with Crippen molar-refractivity contribution in [3.63, 3.8) is 0 Å². The van der Waals surface area contributed by atoms with E-state index in [1.807, 2.05) is 0 Å². The first-order valence-electron chi connectivity index (χ1n) is 8.06. The fourth-order valence-corrected chi connectivity index (χ4v) is 3.72. The van der Waals surface area contributed by atoms with Gasteiger partial charge in [0.1, 0.15) is 0 Å². The maximum Gasteiger partial charge on any atom is 0.0194 e. The van der Waals surface area contributed by atoms with Crippen LogP contribution < -0.4 is 5.32 Å². The predicted molar refractivity (Wildman–Crippen MR) is 84.7 cm³/mol. The van der Waals surface area contributed by atoms with E-state index in [4.69, 9.17) is 0 Å². The van der Waals surface area contributed by atoms with Gasteiger partial charge in [-0.25, -0.2) is 0 Å². The number of rotatable bonds is 8. The van der Waals surface area contributed by atoms with Crippen LogP contribution in [0.15, 0.2) is 0 Å². The normalized spacial score (nSPS) is 21.0. The van der Waals surface area contributed by atoms with Crippen molar-refractivity contribution < 1.29 is 0 Å². The molecule has 1 unspecified atom stereocenters. The van der Waals surface area contributed by atoms with Gasteiger partial charge in [-0.1, -0.05) is 26.2 Å². The number of likely N-dealkylation sites (N-methyl/N-ethyl adjacent to an activating group) is 2. The van der Waals surface area contributed by atoms with Gasteiger partial charge in [-0.05, 0) is 52.9 Å². The van der Waals surface area contributed by atoms with E-state index in [0.29, 0.717) is 11.5 Å². The molecular weight excluding hydrogens is 234 g/mol. The van der Waals surface area contributed by atoms with E-state index in [0.717, 1.165) is 6.54 Å². The standard InChI is InChI=1S/C16H35N3/c1-6-19(15(2)12-18(4)5)14-16(13-17-3)10-8-7-9-11-16/h15,17H,6-14H2,1-5H3. The largest absolute Gasteiger partial charge is 0.319 e. The van der Waals surface area contributed by atoms with Crippen molar-refractivity contribution in [1.29, 1.82) is 0 Å². The molecule has 0 spiro atoms. The molecule has 1 rings (SSSR count). The summed E-state index contributed by atoms with van der Waals surface area (Å²) in [5.41, 5.74) is 0.517. The highest BCUT2D eigenvalue weighted by Gasteiger charge is 2.34. The lowest BCUT2D eigenvalue weighted by molar-refractivity contribution is 0.0754. The Morgan fingerprint density at radius 3 is 2.26 bits per heavy atom. The predicted octanol–water partition coefficient (Wildman–Crippen LogP) is 2.43. The first-order chi connectivity index (χ1) is 9.03. The SMILES string of the molecule is CCN(CC1(CNC)CCCCC1)C(C)CN(C)C. The molecular formula is C16H35N3. The van der Waals surface area contributed by atoms with Gasteiger partial charge in [0.2, 0.25) is 0 Å². The maximum absolute atomic E-state index is 3.45. The second-order valence-electron chi connectivity index (χ2n) is 6.77. The van der Waals surface area contributed by atoms with Crippen LogP contribution in [0.5, 0.6) is 0 Å². The molecule has 0 aromatic heterocycles. The van der Waals surface area contributed by atoms with Crippen LogP contribution in [-0.2, 0) is 0 Å². The summed E-state index contributed by atoms with van der Waals surface area (Å²) < 4.78 is 0. The van der Waals surface area contributed by atoms with E-state index in [-0.39, 0.29) is 0 Å². The highest BCUT2D eigenvalue weighted by Crippen LogP contribution is 2.36. The second-order valence-corrected chi connectivity index (χ2v) is 6.77. The zero-order valence-corrected chi connectivity index (χ0v) is 13.8. The minimum absolute atomic E-state index is 0.517.